The Kier molecular flexibility index (Phi) is 8.21. The highest BCUT2D eigenvalue weighted by molar-refractivity contribution is 6.30. The number of rotatable bonds is 11. The van der Waals surface area contributed by atoms with Gasteiger partial charge in [-0.3, -0.25) is 0 Å². The fraction of sp³-hybridized carbons (Fsp3) is 0.286. The molecule has 0 radical (unpaired) electrons. The quantitative estimate of drug-likeness (QED) is 0.207. The van der Waals surface area contributed by atoms with Gasteiger partial charge in [-0.2, -0.15) is 0 Å². The number of aryl methyl sites for hydroxylation is 1. The molecular weight excluding hydrogens is 446 g/mol. The van der Waals surface area contributed by atoms with Gasteiger partial charge in [-0.05, 0) is 85.6 Å². The lowest BCUT2D eigenvalue weighted by molar-refractivity contribution is 0.309. The Morgan fingerprint density at radius 1 is 0.765 bits per heavy atom. The number of aromatic nitrogens is 3. The first-order valence-electron chi connectivity index (χ1n) is 11.9. The average Bonchev–Trinajstić information content (AvgIpc) is 3.29. The molecule has 0 spiro atoms. The summed E-state index contributed by atoms with van der Waals surface area (Å²) >= 11 is 5.96. The predicted molar refractivity (Wildman–Crippen MR) is 137 cm³/mol. The maximum absolute atomic E-state index is 5.96. The Labute approximate surface area is 206 Å². The molecule has 4 aromatic rings. The molecule has 0 aliphatic heterocycles. The van der Waals surface area contributed by atoms with Gasteiger partial charge in [0, 0.05) is 17.0 Å². The number of hydrogen-bond acceptors (Lipinski definition) is 4. The summed E-state index contributed by atoms with van der Waals surface area (Å²) in [6.07, 6.45) is 5.19. The van der Waals surface area contributed by atoms with E-state index in [1.807, 2.05) is 77.5 Å². The maximum Gasteiger partial charge on any atom is 0.181 e. The maximum atomic E-state index is 5.96. The minimum Gasteiger partial charge on any atom is -0.494 e. The average molecular weight is 476 g/mol. The van der Waals surface area contributed by atoms with Crippen LogP contribution in [0.25, 0.3) is 17.1 Å². The topological polar surface area (TPSA) is 49.2 Å². The van der Waals surface area contributed by atoms with Crippen molar-refractivity contribution in [3.8, 4) is 34.3 Å². The largest absolute Gasteiger partial charge is 0.494 e. The molecule has 0 atom stereocenters. The molecule has 1 aromatic heterocycles. The van der Waals surface area contributed by atoms with Crippen LogP contribution < -0.4 is 9.47 Å². The molecule has 0 amide bonds. The zero-order valence-corrected chi connectivity index (χ0v) is 20.5. The number of hydrogen-bond donors (Lipinski definition) is 0. The number of nitrogens with zero attached hydrogens (tertiary/aromatic N) is 3. The van der Waals surface area contributed by atoms with Crippen LogP contribution in [0.4, 0.5) is 0 Å². The third kappa shape index (κ3) is 6.17. The summed E-state index contributed by atoms with van der Waals surface area (Å²) in [5.41, 5.74) is 1.93. The van der Waals surface area contributed by atoms with E-state index in [1.54, 1.807) is 0 Å². The smallest absolute Gasteiger partial charge is 0.181 e. The van der Waals surface area contributed by atoms with Crippen molar-refractivity contribution in [1.29, 1.82) is 0 Å². The van der Waals surface area contributed by atoms with Gasteiger partial charge in [-0.25, -0.2) is 9.67 Å². The molecule has 5 nitrogen and oxygen atoms in total. The van der Waals surface area contributed by atoms with Crippen LogP contribution in [0.1, 0.15) is 45.4 Å². The van der Waals surface area contributed by atoms with Gasteiger partial charge < -0.3 is 9.47 Å². The lowest BCUT2D eigenvalue weighted by Gasteiger charge is -2.08. The molecule has 0 saturated carbocycles. The van der Waals surface area contributed by atoms with Crippen molar-refractivity contribution in [1.82, 2.24) is 14.8 Å². The molecule has 176 valence electrons. The van der Waals surface area contributed by atoms with E-state index >= 15 is 0 Å². The lowest BCUT2D eigenvalue weighted by atomic mass is 10.2. The van der Waals surface area contributed by atoms with E-state index in [-0.39, 0.29) is 0 Å². The summed E-state index contributed by atoms with van der Waals surface area (Å²) in [4.78, 5) is 4.87. The van der Waals surface area contributed by atoms with Crippen LogP contribution in [0.2, 0.25) is 5.02 Å². The van der Waals surface area contributed by atoms with E-state index < -0.39 is 0 Å². The second-order valence-corrected chi connectivity index (χ2v) is 8.58. The van der Waals surface area contributed by atoms with Crippen LogP contribution >= 0.6 is 11.6 Å². The summed E-state index contributed by atoms with van der Waals surface area (Å²) in [6.45, 7) is 5.08. The Morgan fingerprint density at radius 2 is 1.38 bits per heavy atom. The van der Waals surface area contributed by atoms with E-state index in [4.69, 9.17) is 31.2 Å². The van der Waals surface area contributed by atoms with Gasteiger partial charge in [-0.15, -0.1) is 5.10 Å². The van der Waals surface area contributed by atoms with Crippen LogP contribution in [0.5, 0.6) is 17.2 Å². The van der Waals surface area contributed by atoms with Crippen molar-refractivity contribution in [3.63, 3.8) is 0 Å². The number of unbranched alkanes of at least 4 members (excludes halogenated alkanes) is 2. The summed E-state index contributed by atoms with van der Waals surface area (Å²) in [7, 11) is 0. The molecule has 6 heteroatoms. The van der Waals surface area contributed by atoms with Gasteiger partial charge in [0.2, 0.25) is 0 Å². The third-order valence-electron chi connectivity index (χ3n) is 5.44. The summed E-state index contributed by atoms with van der Waals surface area (Å²) in [5, 5.41) is 5.52. The second kappa shape index (κ2) is 11.7. The van der Waals surface area contributed by atoms with Gasteiger partial charge in [0.25, 0.3) is 0 Å². The molecule has 0 saturated heterocycles. The van der Waals surface area contributed by atoms with Gasteiger partial charge in [0.1, 0.15) is 23.1 Å². The van der Waals surface area contributed by atoms with Gasteiger partial charge in [-0.1, -0.05) is 38.3 Å². The Bertz CT molecular complexity index is 1170. The van der Waals surface area contributed by atoms with Crippen LogP contribution in [-0.4, -0.2) is 21.4 Å². The molecule has 4 rings (SSSR count). The van der Waals surface area contributed by atoms with E-state index in [0.717, 1.165) is 73.0 Å². The SMILES string of the molecule is CCCCOc1ccc(-c2nc(CCCC)n(-c3ccc(Oc4ccc(Cl)cc4)cc3)n2)cc1. The van der Waals surface area contributed by atoms with Crippen molar-refractivity contribution >= 4 is 11.6 Å². The summed E-state index contributed by atoms with van der Waals surface area (Å²) in [6, 6.07) is 23.2. The standard InChI is InChI=1S/C28H30ClN3O2/c1-3-5-7-27-30-28(21-8-14-24(15-9-21)33-20-6-4-2)31-32(27)23-12-18-26(19-13-23)34-25-16-10-22(29)11-17-25/h8-19H,3-7,20H2,1-2H3. The van der Waals surface area contributed by atoms with E-state index in [2.05, 4.69) is 13.8 Å². The van der Waals surface area contributed by atoms with E-state index in [1.165, 1.54) is 0 Å². The Morgan fingerprint density at radius 3 is 2.03 bits per heavy atom. The first-order chi connectivity index (χ1) is 16.7. The van der Waals surface area contributed by atoms with Crippen LogP contribution in [0.15, 0.2) is 72.8 Å². The summed E-state index contributed by atoms with van der Waals surface area (Å²) in [5.74, 6) is 4.03. The Hall–Kier alpha value is -3.31. The van der Waals surface area contributed by atoms with Gasteiger partial charge in [0.05, 0.1) is 12.3 Å². The second-order valence-electron chi connectivity index (χ2n) is 8.14. The van der Waals surface area contributed by atoms with E-state index in [9.17, 15) is 0 Å². The molecule has 34 heavy (non-hydrogen) atoms. The van der Waals surface area contributed by atoms with E-state index in [0.29, 0.717) is 10.8 Å². The van der Waals surface area contributed by atoms with Gasteiger partial charge in [0.15, 0.2) is 5.82 Å². The molecule has 0 unspecified atom stereocenters. The summed E-state index contributed by atoms with van der Waals surface area (Å²) < 4.78 is 13.6. The molecular formula is C28H30ClN3O2. The zero-order chi connectivity index (χ0) is 23.8. The molecule has 3 aromatic carbocycles. The molecule has 0 aliphatic carbocycles. The van der Waals surface area contributed by atoms with Crippen molar-refractivity contribution in [2.45, 2.75) is 46.0 Å². The molecule has 0 bridgehead atoms. The molecule has 0 N–H and O–H groups in total. The number of benzene rings is 3. The number of halogens is 1. The van der Waals surface area contributed by atoms with Crippen LogP contribution in [0.3, 0.4) is 0 Å². The van der Waals surface area contributed by atoms with Crippen LogP contribution in [-0.2, 0) is 6.42 Å². The minimum absolute atomic E-state index is 0.683. The first-order valence-corrected chi connectivity index (χ1v) is 12.3. The monoisotopic (exact) mass is 475 g/mol. The third-order valence-corrected chi connectivity index (χ3v) is 5.69. The minimum atomic E-state index is 0.683. The van der Waals surface area contributed by atoms with Crippen molar-refractivity contribution in [2.24, 2.45) is 0 Å². The van der Waals surface area contributed by atoms with Crippen LogP contribution in [0, 0.1) is 0 Å². The molecule has 1 heterocycles. The highest BCUT2D eigenvalue weighted by atomic mass is 35.5. The fourth-order valence-electron chi connectivity index (χ4n) is 3.50. The Balaban J connectivity index is 1.54. The van der Waals surface area contributed by atoms with Crippen molar-refractivity contribution in [2.75, 3.05) is 6.61 Å². The molecule has 0 fully saturated rings. The first kappa shape index (κ1) is 23.8. The number of ether oxygens (including phenoxy) is 2. The predicted octanol–water partition coefficient (Wildman–Crippen LogP) is 7.90. The highest BCUT2D eigenvalue weighted by Gasteiger charge is 2.13. The molecule has 0 aliphatic rings. The highest BCUT2D eigenvalue weighted by Crippen LogP contribution is 2.26. The van der Waals surface area contributed by atoms with Crippen molar-refractivity contribution in [3.05, 3.63) is 83.6 Å². The lowest BCUT2D eigenvalue weighted by Crippen LogP contribution is -2.03. The van der Waals surface area contributed by atoms with Gasteiger partial charge >= 0.3 is 0 Å². The zero-order valence-electron chi connectivity index (χ0n) is 19.7. The fourth-order valence-corrected chi connectivity index (χ4v) is 3.62. The normalized spacial score (nSPS) is 10.9. The van der Waals surface area contributed by atoms with Crippen molar-refractivity contribution < 1.29 is 9.47 Å².